The van der Waals surface area contributed by atoms with E-state index in [-0.39, 0.29) is 29.3 Å². The van der Waals surface area contributed by atoms with Crippen molar-refractivity contribution in [2.75, 3.05) is 33.8 Å². The number of aromatic nitrogens is 3. The van der Waals surface area contributed by atoms with Crippen LogP contribution in [0.3, 0.4) is 0 Å². The number of methoxy groups -OCH3 is 1. The molecule has 2 aliphatic rings. The van der Waals surface area contributed by atoms with E-state index >= 15 is 0 Å². The van der Waals surface area contributed by atoms with Crippen molar-refractivity contribution in [3.63, 3.8) is 0 Å². The number of carbonyl (C=O) groups excluding carboxylic acids is 2. The fourth-order valence-electron chi connectivity index (χ4n) is 7.07. The first kappa shape index (κ1) is 35.6. The van der Waals surface area contributed by atoms with Gasteiger partial charge in [-0.3, -0.25) is 23.7 Å². The van der Waals surface area contributed by atoms with Crippen LogP contribution in [0.2, 0.25) is 10.0 Å². The summed E-state index contributed by atoms with van der Waals surface area (Å²) in [7, 11) is 3.24. The summed E-state index contributed by atoms with van der Waals surface area (Å²) in [4.78, 5) is 48.6. The molecular formula is C39H39Cl2N7O4. The van der Waals surface area contributed by atoms with Crippen LogP contribution in [0.15, 0.2) is 77.9 Å². The van der Waals surface area contributed by atoms with Gasteiger partial charge in [-0.1, -0.05) is 65.7 Å². The van der Waals surface area contributed by atoms with Crippen molar-refractivity contribution in [2.24, 2.45) is 5.92 Å². The molecule has 3 N–H and O–H groups in total. The topological polar surface area (TPSA) is 130 Å². The Balaban J connectivity index is 1.12. The second kappa shape index (κ2) is 15.4. The van der Waals surface area contributed by atoms with Crippen molar-refractivity contribution in [3.05, 3.63) is 105 Å². The summed E-state index contributed by atoms with van der Waals surface area (Å²) < 4.78 is 7.19. The van der Waals surface area contributed by atoms with Crippen molar-refractivity contribution < 1.29 is 14.3 Å². The number of likely N-dealkylation sites (tertiary alicyclic amines) is 1. The SMILES string of the molecule is CNC(=O)[C@@H]1CCN(Cc2cnc3cc(-c4cccc(-c5cccc(-c6ccc(CNC[C@@H]7CCC(=O)N7)c(OC)n6)c5Cl)c4Cl)ccn3c2=O)C1. The summed E-state index contributed by atoms with van der Waals surface area (Å²) in [5.74, 6) is 0.543. The number of hydrogen-bond acceptors (Lipinski definition) is 8. The highest BCUT2D eigenvalue weighted by Gasteiger charge is 2.28. The smallest absolute Gasteiger partial charge is 0.262 e. The third-order valence-corrected chi connectivity index (χ3v) is 10.7. The summed E-state index contributed by atoms with van der Waals surface area (Å²) in [6.07, 6.45) is 5.51. The average molecular weight is 741 g/mol. The van der Waals surface area contributed by atoms with E-state index in [0.717, 1.165) is 52.8 Å². The third-order valence-electron chi connectivity index (χ3n) is 9.86. The van der Waals surface area contributed by atoms with E-state index < -0.39 is 0 Å². The minimum Gasteiger partial charge on any atom is -0.481 e. The number of halogens is 2. The number of nitrogens with zero attached hydrogens (tertiary/aromatic N) is 4. The third kappa shape index (κ3) is 7.27. The summed E-state index contributed by atoms with van der Waals surface area (Å²) in [6.45, 7) is 3.00. The quantitative estimate of drug-likeness (QED) is 0.166. The Bertz CT molecular complexity index is 2230. The maximum Gasteiger partial charge on any atom is 0.262 e. The molecule has 0 spiro atoms. The molecule has 0 aliphatic carbocycles. The predicted octanol–water partition coefficient (Wildman–Crippen LogP) is 5.34. The van der Waals surface area contributed by atoms with Crippen molar-refractivity contribution in [1.82, 2.24) is 35.2 Å². The Kier molecular flexibility index (Phi) is 10.6. The second-order valence-corrected chi connectivity index (χ2v) is 14.0. The van der Waals surface area contributed by atoms with Gasteiger partial charge in [-0.15, -0.1) is 0 Å². The number of ether oxygens (including phenoxy) is 1. The Morgan fingerprint density at radius 1 is 0.981 bits per heavy atom. The van der Waals surface area contributed by atoms with E-state index in [1.54, 1.807) is 31.0 Å². The normalized spacial score (nSPS) is 17.4. The molecule has 5 aromatic rings. The minimum atomic E-state index is -0.142. The largest absolute Gasteiger partial charge is 0.481 e. The van der Waals surface area contributed by atoms with Gasteiger partial charge in [0, 0.05) is 85.9 Å². The molecule has 2 atom stereocenters. The van der Waals surface area contributed by atoms with Gasteiger partial charge in [-0.25, -0.2) is 9.97 Å². The van der Waals surface area contributed by atoms with Crippen LogP contribution in [0, 0.1) is 5.92 Å². The van der Waals surface area contributed by atoms with Gasteiger partial charge in [0.25, 0.3) is 5.56 Å². The predicted molar refractivity (Wildman–Crippen MR) is 202 cm³/mol. The van der Waals surface area contributed by atoms with Crippen LogP contribution in [0.4, 0.5) is 0 Å². The van der Waals surface area contributed by atoms with Crippen LogP contribution in [0.25, 0.3) is 39.2 Å². The molecule has 0 bridgehead atoms. The zero-order chi connectivity index (χ0) is 36.4. The van der Waals surface area contributed by atoms with Crippen molar-refractivity contribution in [2.45, 2.75) is 38.4 Å². The van der Waals surface area contributed by atoms with Crippen LogP contribution < -0.4 is 26.2 Å². The standard InChI is InChI=1S/C39H39Cl2N7O4/c1-42-37(50)25-13-15-47(21-25)22-26-19-44-33-17-23(14-16-48(33)39(26)51)28-5-3-6-29(35(28)40)30-7-4-8-31(36(30)41)32-11-9-24(38(46-32)52-2)18-43-20-27-10-12-34(49)45-27/h3-9,11,14,16-17,19,25,27,43H,10,12-13,15,18,20-22H2,1-2H3,(H,42,50)(H,45,49)/t25-,27+/m1/s1. The summed E-state index contributed by atoms with van der Waals surface area (Å²) in [5, 5.41) is 10.1. The molecule has 3 aromatic heterocycles. The lowest BCUT2D eigenvalue weighted by Gasteiger charge is -2.16. The van der Waals surface area contributed by atoms with E-state index in [9.17, 15) is 14.4 Å². The Hall–Kier alpha value is -4.81. The number of benzene rings is 2. The molecule has 2 amide bonds. The van der Waals surface area contributed by atoms with Gasteiger partial charge in [-0.2, -0.15) is 0 Å². The van der Waals surface area contributed by atoms with Gasteiger partial charge in [0.05, 0.1) is 34.3 Å². The minimum absolute atomic E-state index is 0.0298. The molecule has 11 nitrogen and oxygen atoms in total. The molecule has 0 radical (unpaired) electrons. The van der Waals surface area contributed by atoms with Gasteiger partial charge in [0.1, 0.15) is 5.65 Å². The van der Waals surface area contributed by atoms with Gasteiger partial charge >= 0.3 is 0 Å². The maximum atomic E-state index is 13.4. The van der Waals surface area contributed by atoms with Gasteiger partial charge < -0.3 is 20.7 Å². The zero-order valence-electron chi connectivity index (χ0n) is 28.9. The number of carbonyl (C=O) groups is 2. The van der Waals surface area contributed by atoms with Crippen LogP contribution in [-0.4, -0.2) is 70.9 Å². The first-order valence-electron chi connectivity index (χ1n) is 17.3. The van der Waals surface area contributed by atoms with Gasteiger partial charge in [0.15, 0.2) is 0 Å². The van der Waals surface area contributed by atoms with Crippen LogP contribution in [-0.2, 0) is 22.7 Å². The highest BCUT2D eigenvalue weighted by atomic mass is 35.5. The first-order chi connectivity index (χ1) is 25.2. The number of rotatable bonds is 11. The molecule has 7 rings (SSSR count). The molecule has 268 valence electrons. The first-order valence-corrected chi connectivity index (χ1v) is 18.1. The maximum absolute atomic E-state index is 13.4. The van der Waals surface area contributed by atoms with E-state index in [1.807, 2.05) is 60.7 Å². The fourth-order valence-corrected chi connectivity index (χ4v) is 7.73. The second-order valence-electron chi connectivity index (χ2n) is 13.2. The van der Waals surface area contributed by atoms with E-state index in [1.165, 1.54) is 0 Å². The van der Waals surface area contributed by atoms with Crippen LogP contribution in [0.5, 0.6) is 5.88 Å². The van der Waals surface area contributed by atoms with Gasteiger partial charge in [0.2, 0.25) is 17.7 Å². The molecule has 2 fully saturated rings. The molecule has 2 aromatic carbocycles. The monoisotopic (exact) mass is 739 g/mol. The van der Waals surface area contributed by atoms with Gasteiger partial charge in [-0.05, 0) is 43.1 Å². The van der Waals surface area contributed by atoms with Crippen LogP contribution in [0.1, 0.15) is 30.4 Å². The lowest BCUT2D eigenvalue weighted by Crippen LogP contribution is -2.35. The van der Waals surface area contributed by atoms with E-state index in [4.69, 9.17) is 32.9 Å². The number of pyridine rings is 2. The molecule has 0 unspecified atom stereocenters. The molecule has 0 saturated carbocycles. The highest BCUT2D eigenvalue weighted by Crippen LogP contribution is 2.42. The van der Waals surface area contributed by atoms with Crippen molar-refractivity contribution in [3.8, 4) is 39.4 Å². The molecule has 52 heavy (non-hydrogen) atoms. The summed E-state index contributed by atoms with van der Waals surface area (Å²) in [6, 6.07) is 19.3. The van der Waals surface area contributed by atoms with E-state index in [2.05, 4.69) is 25.8 Å². The molecule has 2 aliphatic heterocycles. The lowest BCUT2D eigenvalue weighted by molar-refractivity contribution is -0.124. The zero-order valence-corrected chi connectivity index (χ0v) is 30.4. The highest BCUT2D eigenvalue weighted by molar-refractivity contribution is 6.39. The molecule has 13 heteroatoms. The lowest BCUT2D eigenvalue weighted by atomic mass is 9.97. The average Bonchev–Trinajstić information content (AvgIpc) is 3.81. The molecular weight excluding hydrogens is 701 g/mol. The Morgan fingerprint density at radius 2 is 1.73 bits per heavy atom. The summed E-state index contributed by atoms with van der Waals surface area (Å²) >= 11 is 14.2. The van der Waals surface area contributed by atoms with Crippen LogP contribution >= 0.6 is 23.2 Å². The van der Waals surface area contributed by atoms with Crippen molar-refractivity contribution >= 4 is 40.7 Å². The molecule has 2 saturated heterocycles. The fraction of sp³-hybridized carbons (Fsp3) is 0.308. The number of nitrogens with one attached hydrogen (secondary N) is 3. The number of hydrogen-bond donors (Lipinski definition) is 3. The molecule has 5 heterocycles. The summed E-state index contributed by atoms with van der Waals surface area (Å²) in [5.41, 5.74) is 6.29. The number of amides is 2. The Morgan fingerprint density at radius 3 is 2.46 bits per heavy atom. The van der Waals surface area contributed by atoms with E-state index in [0.29, 0.717) is 65.4 Å². The van der Waals surface area contributed by atoms with Crippen molar-refractivity contribution in [1.29, 1.82) is 0 Å². The number of fused-ring (bicyclic) bond motifs is 1. The Labute approximate surface area is 311 Å².